The summed E-state index contributed by atoms with van der Waals surface area (Å²) >= 11 is 3.26. The highest BCUT2D eigenvalue weighted by Gasteiger charge is 2.22. The predicted molar refractivity (Wildman–Crippen MR) is 80.9 cm³/mol. The highest BCUT2D eigenvalue weighted by atomic mass is 79.9. The number of aromatic hydroxyl groups is 1. The second kappa shape index (κ2) is 5.66. The molecule has 1 unspecified atom stereocenters. The minimum Gasteiger partial charge on any atom is -0.506 e. The molecule has 6 heteroatoms. The number of nitrogens with zero attached hydrogens (tertiary/aromatic N) is 1. The predicted octanol–water partition coefficient (Wildman–Crippen LogP) is 3.24. The van der Waals surface area contributed by atoms with Crippen molar-refractivity contribution in [2.75, 3.05) is 5.32 Å². The number of nitrogens with one attached hydrogen (secondary N) is 2. The van der Waals surface area contributed by atoms with E-state index in [2.05, 4.69) is 31.4 Å². The summed E-state index contributed by atoms with van der Waals surface area (Å²) in [4.78, 5) is 12.3. The average molecular weight is 338 g/mol. The van der Waals surface area contributed by atoms with Gasteiger partial charge in [-0.25, -0.2) is 0 Å². The lowest BCUT2D eigenvalue weighted by Crippen LogP contribution is -2.19. The molecule has 3 N–H and O–H groups in total. The fourth-order valence-corrected chi connectivity index (χ4v) is 2.53. The Hall–Kier alpha value is -1.82. The molecule has 0 bridgehead atoms. The molecule has 0 aliphatic rings. The second-order valence-corrected chi connectivity index (χ2v) is 5.64. The van der Waals surface area contributed by atoms with E-state index in [1.165, 1.54) is 6.07 Å². The van der Waals surface area contributed by atoms with Crippen LogP contribution in [0.3, 0.4) is 0 Å². The molecule has 106 valence electrons. The molecule has 1 aromatic carbocycles. The molecule has 20 heavy (non-hydrogen) atoms. The van der Waals surface area contributed by atoms with E-state index in [1.54, 1.807) is 12.1 Å². The van der Waals surface area contributed by atoms with Crippen LogP contribution in [0, 0.1) is 13.8 Å². The van der Waals surface area contributed by atoms with Gasteiger partial charge in [-0.1, -0.05) is 15.9 Å². The molecule has 0 aliphatic carbocycles. The van der Waals surface area contributed by atoms with Crippen molar-refractivity contribution >= 4 is 27.5 Å². The number of rotatable bonds is 3. The smallest absolute Gasteiger partial charge is 0.231 e. The quantitative estimate of drug-likeness (QED) is 0.752. The molecular formula is C14H16BrN3O2. The topological polar surface area (TPSA) is 78.0 Å². The summed E-state index contributed by atoms with van der Waals surface area (Å²) in [6.45, 7) is 5.56. The van der Waals surface area contributed by atoms with Gasteiger partial charge >= 0.3 is 0 Å². The maximum absolute atomic E-state index is 12.3. The second-order valence-electron chi connectivity index (χ2n) is 4.72. The van der Waals surface area contributed by atoms with Crippen LogP contribution in [0.15, 0.2) is 22.7 Å². The molecule has 0 aliphatic heterocycles. The normalized spacial score (nSPS) is 12.2. The summed E-state index contributed by atoms with van der Waals surface area (Å²) in [5.41, 5.74) is 2.97. The number of phenolic OH excluding ortho intramolecular Hbond substituents is 1. The molecule has 5 nitrogen and oxygen atoms in total. The van der Waals surface area contributed by atoms with Crippen LogP contribution in [0.2, 0.25) is 0 Å². The van der Waals surface area contributed by atoms with Gasteiger partial charge in [0.25, 0.3) is 0 Å². The average Bonchev–Trinajstić information content (AvgIpc) is 2.71. The molecule has 1 atom stereocenters. The summed E-state index contributed by atoms with van der Waals surface area (Å²) in [5.74, 6) is -0.507. The molecule has 1 heterocycles. The number of anilines is 1. The van der Waals surface area contributed by atoms with Gasteiger partial charge in [0.15, 0.2) is 0 Å². The molecule has 1 amide bonds. The lowest BCUT2D eigenvalue weighted by atomic mass is 9.98. The molecule has 0 radical (unpaired) electrons. The molecular weight excluding hydrogens is 322 g/mol. The lowest BCUT2D eigenvalue weighted by molar-refractivity contribution is -0.117. The third-order valence-corrected chi connectivity index (χ3v) is 3.72. The number of hydrogen-bond acceptors (Lipinski definition) is 3. The van der Waals surface area contributed by atoms with E-state index in [-0.39, 0.29) is 17.6 Å². The number of amides is 1. The summed E-state index contributed by atoms with van der Waals surface area (Å²) in [7, 11) is 0. The van der Waals surface area contributed by atoms with E-state index >= 15 is 0 Å². The van der Waals surface area contributed by atoms with Gasteiger partial charge in [-0.15, -0.1) is 0 Å². The maximum atomic E-state index is 12.3. The van der Waals surface area contributed by atoms with Crippen LogP contribution in [0.1, 0.15) is 29.8 Å². The number of aromatic amines is 1. The minimum absolute atomic E-state index is 0.0283. The number of halogens is 1. The first-order valence-electron chi connectivity index (χ1n) is 6.21. The first-order valence-corrected chi connectivity index (χ1v) is 7.00. The zero-order valence-corrected chi connectivity index (χ0v) is 13.1. The number of aromatic nitrogens is 2. The molecule has 2 rings (SSSR count). The van der Waals surface area contributed by atoms with Gasteiger partial charge in [0.2, 0.25) is 5.91 Å². The van der Waals surface area contributed by atoms with E-state index in [0.29, 0.717) is 5.69 Å². The Bertz CT molecular complexity index is 632. The van der Waals surface area contributed by atoms with Gasteiger partial charge in [0.1, 0.15) is 5.75 Å². The van der Waals surface area contributed by atoms with Crippen molar-refractivity contribution in [3.8, 4) is 5.75 Å². The Kier molecular flexibility index (Phi) is 4.13. The van der Waals surface area contributed by atoms with E-state index in [1.807, 2.05) is 20.8 Å². The molecule has 1 aromatic heterocycles. The van der Waals surface area contributed by atoms with Crippen LogP contribution < -0.4 is 5.32 Å². The van der Waals surface area contributed by atoms with Gasteiger partial charge in [0.05, 0.1) is 17.3 Å². The van der Waals surface area contributed by atoms with Crippen LogP contribution >= 0.6 is 15.9 Å². The highest BCUT2D eigenvalue weighted by Crippen LogP contribution is 2.29. The molecule has 2 aromatic rings. The van der Waals surface area contributed by atoms with Crippen LogP contribution in [-0.4, -0.2) is 21.2 Å². The summed E-state index contributed by atoms with van der Waals surface area (Å²) in [5, 5.41) is 19.5. The Morgan fingerprint density at radius 3 is 2.70 bits per heavy atom. The number of H-pyrrole nitrogens is 1. The van der Waals surface area contributed by atoms with Gasteiger partial charge < -0.3 is 10.4 Å². The largest absolute Gasteiger partial charge is 0.506 e. The number of carbonyl (C=O) groups excluding carboxylic acids is 1. The fourth-order valence-electron chi connectivity index (χ4n) is 2.18. The standard InChI is InChI=1S/C14H16BrN3O2/c1-7(13-8(2)17-18-9(13)3)14(20)16-11-5-4-10(15)6-12(11)19/h4-7,19H,1-3H3,(H,16,20)(H,17,18). The molecule has 0 spiro atoms. The first-order chi connectivity index (χ1) is 9.40. The van der Waals surface area contributed by atoms with E-state index in [4.69, 9.17) is 0 Å². The maximum Gasteiger partial charge on any atom is 0.231 e. The van der Waals surface area contributed by atoms with Gasteiger partial charge in [-0.2, -0.15) is 5.10 Å². The van der Waals surface area contributed by atoms with Gasteiger partial charge in [-0.05, 0) is 39.0 Å². The third kappa shape index (κ3) is 2.85. The Morgan fingerprint density at radius 1 is 1.45 bits per heavy atom. The molecule has 0 saturated heterocycles. The Labute approximate surface area is 125 Å². The summed E-state index contributed by atoms with van der Waals surface area (Å²) in [6, 6.07) is 4.95. The van der Waals surface area contributed by atoms with Crippen molar-refractivity contribution in [2.24, 2.45) is 0 Å². The highest BCUT2D eigenvalue weighted by molar-refractivity contribution is 9.10. The van der Waals surface area contributed by atoms with Crippen LogP contribution in [0.5, 0.6) is 5.75 Å². The third-order valence-electron chi connectivity index (χ3n) is 3.23. The van der Waals surface area contributed by atoms with Crippen LogP contribution in [0.4, 0.5) is 5.69 Å². The summed E-state index contributed by atoms with van der Waals surface area (Å²) < 4.78 is 0.752. The van der Waals surface area contributed by atoms with Crippen LogP contribution in [0.25, 0.3) is 0 Å². The SMILES string of the molecule is Cc1n[nH]c(C)c1C(C)C(=O)Nc1ccc(Br)cc1O. The monoisotopic (exact) mass is 337 g/mol. The van der Waals surface area contributed by atoms with E-state index in [0.717, 1.165) is 21.4 Å². The van der Waals surface area contributed by atoms with E-state index in [9.17, 15) is 9.90 Å². The Balaban J connectivity index is 2.20. The Morgan fingerprint density at radius 2 is 2.15 bits per heavy atom. The zero-order valence-electron chi connectivity index (χ0n) is 11.5. The molecule has 0 fully saturated rings. The van der Waals surface area contributed by atoms with Gasteiger partial charge in [-0.3, -0.25) is 9.89 Å². The lowest BCUT2D eigenvalue weighted by Gasteiger charge is -2.13. The van der Waals surface area contributed by atoms with Crippen molar-refractivity contribution in [3.05, 3.63) is 39.6 Å². The number of benzene rings is 1. The van der Waals surface area contributed by atoms with Gasteiger partial charge in [0, 0.05) is 15.7 Å². The minimum atomic E-state index is -0.350. The molecule has 0 saturated carbocycles. The van der Waals surface area contributed by atoms with Crippen molar-refractivity contribution in [1.82, 2.24) is 10.2 Å². The van der Waals surface area contributed by atoms with Crippen molar-refractivity contribution in [3.63, 3.8) is 0 Å². The fraction of sp³-hybridized carbons (Fsp3) is 0.286. The number of hydrogen-bond donors (Lipinski definition) is 3. The van der Waals surface area contributed by atoms with Crippen LogP contribution in [-0.2, 0) is 4.79 Å². The van der Waals surface area contributed by atoms with Crippen molar-refractivity contribution in [1.29, 1.82) is 0 Å². The first kappa shape index (κ1) is 14.6. The van der Waals surface area contributed by atoms with E-state index < -0.39 is 0 Å². The zero-order chi connectivity index (χ0) is 14.9. The van der Waals surface area contributed by atoms with Crippen molar-refractivity contribution < 1.29 is 9.90 Å². The number of phenols is 1. The number of aryl methyl sites for hydroxylation is 2. The summed E-state index contributed by atoms with van der Waals surface area (Å²) in [6.07, 6.45) is 0. The van der Waals surface area contributed by atoms with Crippen molar-refractivity contribution in [2.45, 2.75) is 26.7 Å². The number of carbonyl (C=O) groups is 1.